The fourth-order valence-electron chi connectivity index (χ4n) is 12.2. The van der Waals surface area contributed by atoms with Crippen molar-refractivity contribution in [2.45, 2.75) is 50.9 Å². The Morgan fingerprint density at radius 2 is 0.806 bits per heavy atom. The van der Waals surface area contributed by atoms with Crippen molar-refractivity contribution in [2.75, 3.05) is 4.90 Å². The van der Waals surface area contributed by atoms with E-state index in [1.807, 2.05) is 0 Å². The highest BCUT2D eigenvalue weighted by molar-refractivity contribution is 6.07. The van der Waals surface area contributed by atoms with Gasteiger partial charge in [-0.25, -0.2) is 0 Å². The minimum atomic E-state index is -0.407. The SMILES string of the molecule is CC(C)(C)c1ccc(-c2ccc(N(c3ccc4c(c3)-c3ccccc3C43c4ccccc4-c4ccccc43)c3ccc4ccccc4c3-c3ccc4c(c3)-c3ccccc3C4(C)C)cc2)cc1. The summed E-state index contributed by atoms with van der Waals surface area (Å²) in [6.07, 6.45) is 0. The molecule has 0 bridgehead atoms. The molecule has 0 N–H and O–H groups in total. The van der Waals surface area contributed by atoms with Gasteiger partial charge in [-0.15, -0.1) is 0 Å². The van der Waals surface area contributed by atoms with Gasteiger partial charge in [-0.2, -0.15) is 0 Å². The monoisotopic (exact) mass is 857 g/mol. The predicted octanol–water partition coefficient (Wildman–Crippen LogP) is 17.6. The van der Waals surface area contributed by atoms with Crippen molar-refractivity contribution in [3.05, 3.63) is 257 Å². The second-order valence-corrected chi connectivity index (χ2v) is 20.4. The smallest absolute Gasteiger partial charge is 0.0725 e. The van der Waals surface area contributed by atoms with Crippen molar-refractivity contribution < 1.29 is 0 Å². The van der Waals surface area contributed by atoms with Crippen LogP contribution in [0.3, 0.4) is 0 Å². The number of hydrogen-bond donors (Lipinski definition) is 0. The van der Waals surface area contributed by atoms with Crippen LogP contribution in [0.4, 0.5) is 17.1 Å². The van der Waals surface area contributed by atoms with Crippen LogP contribution in [0, 0.1) is 0 Å². The van der Waals surface area contributed by atoms with E-state index in [4.69, 9.17) is 0 Å². The molecule has 0 amide bonds. The quantitative estimate of drug-likeness (QED) is 0.167. The number of fused-ring (bicyclic) bond motifs is 14. The zero-order chi connectivity index (χ0) is 45.2. The highest BCUT2D eigenvalue weighted by atomic mass is 15.1. The molecule has 320 valence electrons. The third kappa shape index (κ3) is 5.68. The molecule has 3 aliphatic carbocycles. The van der Waals surface area contributed by atoms with Crippen LogP contribution in [-0.4, -0.2) is 0 Å². The summed E-state index contributed by atoms with van der Waals surface area (Å²) >= 11 is 0. The Morgan fingerprint density at radius 3 is 1.43 bits per heavy atom. The summed E-state index contributed by atoms with van der Waals surface area (Å²) in [6, 6.07) is 82.7. The van der Waals surface area contributed by atoms with E-state index in [1.54, 1.807) is 0 Å². The van der Waals surface area contributed by atoms with Gasteiger partial charge >= 0.3 is 0 Å². The molecular weight excluding hydrogens is 807 g/mol. The van der Waals surface area contributed by atoms with E-state index in [1.165, 1.54) is 105 Å². The molecule has 10 aromatic rings. The Bertz CT molecular complexity index is 3590. The first-order chi connectivity index (χ1) is 32.6. The fraction of sp³-hybridized carbons (Fsp3) is 0.121. The molecule has 1 nitrogen and oxygen atoms in total. The molecule has 3 aliphatic rings. The summed E-state index contributed by atoms with van der Waals surface area (Å²) in [5.41, 5.74) is 25.2. The number of rotatable bonds is 5. The normalized spacial score (nSPS) is 14.3. The molecule has 0 aliphatic heterocycles. The lowest BCUT2D eigenvalue weighted by Gasteiger charge is -2.32. The summed E-state index contributed by atoms with van der Waals surface area (Å²) in [5, 5.41) is 2.45. The second kappa shape index (κ2) is 14.4. The van der Waals surface area contributed by atoms with Gasteiger partial charge in [-0.05, 0) is 142 Å². The molecule has 0 unspecified atom stereocenters. The second-order valence-electron chi connectivity index (χ2n) is 20.4. The number of anilines is 3. The molecule has 67 heavy (non-hydrogen) atoms. The Kier molecular flexibility index (Phi) is 8.50. The van der Waals surface area contributed by atoms with Gasteiger partial charge in [0.15, 0.2) is 0 Å². The van der Waals surface area contributed by atoms with Crippen LogP contribution < -0.4 is 4.90 Å². The average molecular weight is 858 g/mol. The standard InChI is InChI=1S/C66H51N/c1-64(2,3)46-32-26-42(27-33-46)43-28-34-47(35-29-43)67(62-39-31-44-16-6-7-17-49(44)63(62)45-30-37-57-54(40-45)52-20-8-12-22-56(52)65(57,4)5)48-36-38-61-55(41-48)53-21-11-15-25-60(53)66(61)58-23-13-9-18-50(58)51-19-10-14-24-59(51)66/h6-41H,1-5H3. The van der Waals surface area contributed by atoms with Crippen molar-refractivity contribution in [2.24, 2.45) is 0 Å². The molecular formula is C66H51N. The average Bonchev–Trinajstić information content (AvgIpc) is 3.92. The molecule has 13 rings (SSSR count). The van der Waals surface area contributed by atoms with E-state index in [0.717, 1.165) is 17.1 Å². The van der Waals surface area contributed by atoms with Gasteiger partial charge in [0.2, 0.25) is 0 Å². The van der Waals surface area contributed by atoms with E-state index < -0.39 is 5.41 Å². The molecule has 0 saturated heterocycles. The van der Waals surface area contributed by atoms with Crippen LogP contribution in [0.15, 0.2) is 218 Å². The van der Waals surface area contributed by atoms with Crippen molar-refractivity contribution in [3.8, 4) is 55.6 Å². The van der Waals surface area contributed by atoms with E-state index in [9.17, 15) is 0 Å². The topological polar surface area (TPSA) is 3.24 Å². The molecule has 0 atom stereocenters. The summed E-state index contributed by atoms with van der Waals surface area (Å²) in [4.78, 5) is 2.52. The molecule has 0 radical (unpaired) electrons. The maximum Gasteiger partial charge on any atom is 0.0725 e. The Morgan fingerprint density at radius 1 is 0.358 bits per heavy atom. The largest absolute Gasteiger partial charge is 0.310 e. The van der Waals surface area contributed by atoms with Crippen molar-refractivity contribution in [3.63, 3.8) is 0 Å². The van der Waals surface area contributed by atoms with E-state index in [-0.39, 0.29) is 10.8 Å². The van der Waals surface area contributed by atoms with Gasteiger partial charge in [0.1, 0.15) is 0 Å². The molecule has 1 spiro atoms. The maximum atomic E-state index is 2.52. The van der Waals surface area contributed by atoms with Crippen LogP contribution in [0.2, 0.25) is 0 Å². The Balaban J connectivity index is 1.05. The van der Waals surface area contributed by atoms with Crippen molar-refractivity contribution in [1.82, 2.24) is 0 Å². The van der Waals surface area contributed by atoms with E-state index >= 15 is 0 Å². The highest BCUT2D eigenvalue weighted by Crippen LogP contribution is 2.63. The van der Waals surface area contributed by atoms with Gasteiger partial charge in [0.25, 0.3) is 0 Å². The fourth-order valence-corrected chi connectivity index (χ4v) is 12.2. The third-order valence-electron chi connectivity index (χ3n) is 15.5. The molecule has 0 fully saturated rings. The van der Waals surface area contributed by atoms with Crippen molar-refractivity contribution >= 4 is 27.8 Å². The predicted molar refractivity (Wildman–Crippen MR) is 282 cm³/mol. The number of nitrogens with zero attached hydrogens (tertiary/aromatic N) is 1. The Hall–Kier alpha value is -7.74. The molecule has 0 saturated carbocycles. The first-order valence-corrected chi connectivity index (χ1v) is 23.8. The summed E-state index contributed by atoms with van der Waals surface area (Å²) in [5.74, 6) is 0. The first kappa shape index (κ1) is 39.6. The van der Waals surface area contributed by atoms with E-state index in [2.05, 4.69) is 258 Å². The van der Waals surface area contributed by atoms with Gasteiger partial charge < -0.3 is 4.90 Å². The summed E-state index contributed by atoms with van der Waals surface area (Å²) in [7, 11) is 0. The Labute approximate surface area is 394 Å². The first-order valence-electron chi connectivity index (χ1n) is 23.8. The number of benzene rings is 10. The van der Waals surface area contributed by atoms with Crippen LogP contribution in [-0.2, 0) is 16.2 Å². The van der Waals surface area contributed by atoms with Crippen LogP contribution in [0.1, 0.15) is 73.6 Å². The lowest BCUT2D eigenvalue weighted by Crippen LogP contribution is -2.25. The minimum absolute atomic E-state index is 0.0781. The summed E-state index contributed by atoms with van der Waals surface area (Å²) < 4.78 is 0. The van der Waals surface area contributed by atoms with Gasteiger partial charge in [0, 0.05) is 22.4 Å². The maximum absolute atomic E-state index is 2.52. The summed E-state index contributed by atoms with van der Waals surface area (Å²) in [6.45, 7) is 11.6. The van der Waals surface area contributed by atoms with Crippen LogP contribution in [0.5, 0.6) is 0 Å². The minimum Gasteiger partial charge on any atom is -0.310 e. The lowest BCUT2D eigenvalue weighted by molar-refractivity contribution is 0.590. The zero-order valence-electron chi connectivity index (χ0n) is 38.7. The zero-order valence-corrected chi connectivity index (χ0v) is 38.7. The molecule has 10 aromatic carbocycles. The number of hydrogen-bond acceptors (Lipinski definition) is 1. The van der Waals surface area contributed by atoms with Gasteiger partial charge in [-0.1, -0.05) is 217 Å². The van der Waals surface area contributed by atoms with Gasteiger partial charge in [0.05, 0.1) is 11.1 Å². The molecule has 1 heteroatoms. The van der Waals surface area contributed by atoms with Crippen LogP contribution >= 0.6 is 0 Å². The molecule has 0 aromatic heterocycles. The molecule has 0 heterocycles. The van der Waals surface area contributed by atoms with E-state index in [0.29, 0.717) is 0 Å². The lowest BCUT2D eigenvalue weighted by atomic mass is 9.70. The van der Waals surface area contributed by atoms with Gasteiger partial charge in [-0.3, -0.25) is 0 Å². The third-order valence-corrected chi connectivity index (χ3v) is 15.5. The van der Waals surface area contributed by atoms with Crippen LogP contribution in [0.25, 0.3) is 66.4 Å². The highest BCUT2D eigenvalue weighted by Gasteiger charge is 2.51. The van der Waals surface area contributed by atoms with Crippen molar-refractivity contribution in [1.29, 1.82) is 0 Å².